The number of piperazine rings is 1. The van der Waals surface area contributed by atoms with Crippen LogP contribution in [0.15, 0.2) is 24.3 Å². The Morgan fingerprint density at radius 2 is 1.62 bits per heavy atom. The van der Waals surface area contributed by atoms with Crippen molar-refractivity contribution in [2.45, 2.75) is 32.7 Å². The van der Waals surface area contributed by atoms with Gasteiger partial charge in [0.05, 0.1) is 0 Å². The third-order valence-electron chi connectivity index (χ3n) is 4.58. The molecular weight excluding hydrogens is 258 g/mol. The van der Waals surface area contributed by atoms with Crippen LogP contribution in [0.2, 0.25) is 0 Å². The SMILES string of the molecule is CCCN1CCN(CC(NC)c2ccc(CC)cc2)CC1. The molecule has 118 valence electrons. The Morgan fingerprint density at radius 1 is 1.00 bits per heavy atom. The molecule has 0 radical (unpaired) electrons. The first-order valence-electron chi connectivity index (χ1n) is 8.47. The number of nitrogens with one attached hydrogen (secondary N) is 1. The van der Waals surface area contributed by atoms with E-state index in [1.807, 2.05) is 0 Å². The maximum absolute atomic E-state index is 3.48. The summed E-state index contributed by atoms with van der Waals surface area (Å²) >= 11 is 0. The molecule has 21 heavy (non-hydrogen) atoms. The van der Waals surface area contributed by atoms with Crippen LogP contribution in [-0.4, -0.2) is 56.1 Å². The first-order valence-corrected chi connectivity index (χ1v) is 8.47. The van der Waals surface area contributed by atoms with Gasteiger partial charge in [-0.15, -0.1) is 0 Å². The van der Waals surface area contributed by atoms with Crippen LogP contribution in [-0.2, 0) is 6.42 Å². The Bertz CT molecular complexity index is 393. The lowest BCUT2D eigenvalue weighted by Crippen LogP contribution is -2.48. The van der Waals surface area contributed by atoms with Crippen molar-refractivity contribution in [3.8, 4) is 0 Å². The predicted octanol–water partition coefficient (Wildman–Crippen LogP) is 2.54. The highest BCUT2D eigenvalue weighted by Crippen LogP contribution is 2.16. The van der Waals surface area contributed by atoms with Gasteiger partial charge in [-0.1, -0.05) is 38.1 Å². The van der Waals surface area contributed by atoms with Crippen molar-refractivity contribution in [1.82, 2.24) is 15.1 Å². The predicted molar refractivity (Wildman–Crippen MR) is 90.8 cm³/mol. The quantitative estimate of drug-likeness (QED) is 0.832. The zero-order chi connectivity index (χ0) is 15.1. The van der Waals surface area contributed by atoms with E-state index < -0.39 is 0 Å². The molecule has 0 aromatic heterocycles. The van der Waals surface area contributed by atoms with Gasteiger partial charge in [0.25, 0.3) is 0 Å². The van der Waals surface area contributed by atoms with Crippen molar-refractivity contribution in [3.05, 3.63) is 35.4 Å². The Balaban J connectivity index is 1.87. The number of nitrogens with zero attached hydrogens (tertiary/aromatic N) is 2. The summed E-state index contributed by atoms with van der Waals surface area (Å²) in [4.78, 5) is 5.18. The molecule has 1 saturated heterocycles. The van der Waals surface area contributed by atoms with Crippen LogP contribution in [0.4, 0.5) is 0 Å². The number of hydrogen-bond donors (Lipinski definition) is 1. The summed E-state index contributed by atoms with van der Waals surface area (Å²) in [6.45, 7) is 11.7. The highest BCUT2D eigenvalue weighted by Gasteiger charge is 2.19. The van der Waals surface area contributed by atoms with E-state index in [-0.39, 0.29) is 0 Å². The van der Waals surface area contributed by atoms with Crippen molar-refractivity contribution >= 4 is 0 Å². The van der Waals surface area contributed by atoms with Crippen LogP contribution < -0.4 is 5.32 Å². The summed E-state index contributed by atoms with van der Waals surface area (Å²) in [7, 11) is 2.08. The molecular formula is C18H31N3. The monoisotopic (exact) mass is 289 g/mol. The number of likely N-dealkylation sites (N-methyl/N-ethyl adjacent to an activating group) is 1. The largest absolute Gasteiger partial charge is 0.312 e. The average molecular weight is 289 g/mol. The molecule has 0 bridgehead atoms. The van der Waals surface area contributed by atoms with E-state index in [0.29, 0.717) is 6.04 Å². The lowest BCUT2D eigenvalue weighted by Gasteiger charge is -2.36. The minimum Gasteiger partial charge on any atom is -0.312 e. The zero-order valence-electron chi connectivity index (χ0n) is 13.9. The zero-order valence-corrected chi connectivity index (χ0v) is 13.9. The molecule has 0 spiro atoms. The molecule has 1 aliphatic rings. The van der Waals surface area contributed by atoms with Crippen molar-refractivity contribution in [2.24, 2.45) is 0 Å². The van der Waals surface area contributed by atoms with E-state index >= 15 is 0 Å². The van der Waals surface area contributed by atoms with E-state index in [0.717, 1.165) is 13.0 Å². The van der Waals surface area contributed by atoms with Gasteiger partial charge in [0.15, 0.2) is 0 Å². The Morgan fingerprint density at radius 3 is 2.14 bits per heavy atom. The van der Waals surface area contributed by atoms with Gasteiger partial charge in [-0.25, -0.2) is 0 Å². The van der Waals surface area contributed by atoms with Crippen LogP contribution in [0.3, 0.4) is 0 Å². The van der Waals surface area contributed by atoms with Crippen molar-refractivity contribution < 1.29 is 0 Å². The molecule has 1 unspecified atom stereocenters. The van der Waals surface area contributed by atoms with Gasteiger partial charge in [-0.05, 0) is 37.6 Å². The number of aryl methyl sites for hydroxylation is 1. The molecule has 1 aliphatic heterocycles. The van der Waals surface area contributed by atoms with Crippen LogP contribution >= 0.6 is 0 Å². The summed E-state index contributed by atoms with van der Waals surface area (Å²) in [5.74, 6) is 0. The smallest absolute Gasteiger partial charge is 0.0446 e. The molecule has 0 aliphatic carbocycles. The van der Waals surface area contributed by atoms with E-state index in [1.54, 1.807) is 0 Å². The number of hydrogen-bond acceptors (Lipinski definition) is 3. The summed E-state index contributed by atoms with van der Waals surface area (Å²) < 4.78 is 0. The van der Waals surface area contributed by atoms with Gasteiger partial charge in [-0.2, -0.15) is 0 Å². The van der Waals surface area contributed by atoms with Crippen molar-refractivity contribution in [2.75, 3.05) is 46.3 Å². The highest BCUT2D eigenvalue weighted by molar-refractivity contribution is 5.25. The molecule has 3 heteroatoms. The third kappa shape index (κ3) is 4.80. The van der Waals surface area contributed by atoms with E-state index in [2.05, 4.69) is 60.3 Å². The van der Waals surface area contributed by atoms with Crippen LogP contribution in [0.5, 0.6) is 0 Å². The molecule has 3 nitrogen and oxygen atoms in total. The molecule has 0 saturated carbocycles. The van der Waals surface area contributed by atoms with Crippen molar-refractivity contribution in [1.29, 1.82) is 0 Å². The second kappa shape index (κ2) is 8.52. The second-order valence-electron chi connectivity index (χ2n) is 6.08. The third-order valence-corrected chi connectivity index (χ3v) is 4.58. The normalized spacial score (nSPS) is 18.8. The van der Waals surface area contributed by atoms with Crippen LogP contribution in [0.25, 0.3) is 0 Å². The van der Waals surface area contributed by atoms with E-state index in [1.165, 1.54) is 50.3 Å². The molecule has 1 fully saturated rings. The molecule has 1 N–H and O–H groups in total. The molecule has 2 rings (SSSR count). The standard InChI is InChI=1S/C18H31N3/c1-4-10-20-11-13-21(14-12-20)15-18(19-3)17-8-6-16(5-2)7-9-17/h6-9,18-19H,4-5,10-15H2,1-3H3. The Hall–Kier alpha value is -0.900. The van der Waals surface area contributed by atoms with Gasteiger partial charge in [-0.3, -0.25) is 4.90 Å². The first-order chi connectivity index (χ1) is 10.3. The van der Waals surface area contributed by atoms with E-state index in [4.69, 9.17) is 0 Å². The topological polar surface area (TPSA) is 18.5 Å². The van der Waals surface area contributed by atoms with Crippen LogP contribution in [0.1, 0.15) is 37.4 Å². The first kappa shape index (κ1) is 16.5. The summed E-state index contributed by atoms with van der Waals surface area (Å²) in [6, 6.07) is 9.53. The summed E-state index contributed by atoms with van der Waals surface area (Å²) in [6.07, 6.45) is 2.38. The van der Waals surface area contributed by atoms with Gasteiger partial charge >= 0.3 is 0 Å². The molecule has 1 atom stereocenters. The lowest BCUT2D eigenvalue weighted by molar-refractivity contribution is 0.124. The highest BCUT2D eigenvalue weighted by atomic mass is 15.3. The number of benzene rings is 1. The fourth-order valence-corrected chi connectivity index (χ4v) is 3.12. The maximum Gasteiger partial charge on any atom is 0.0446 e. The molecule has 1 heterocycles. The van der Waals surface area contributed by atoms with Crippen molar-refractivity contribution in [3.63, 3.8) is 0 Å². The molecule has 1 aromatic rings. The fourth-order valence-electron chi connectivity index (χ4n) is 3.12. The summed E-state index contributed by atoms with van der Waals surface area (Å²) in [5, 5.41) is 3.48. The van der Waals surface area contributed by atoms with Gasteiger partial charge < -0.3 is 10.2 Å². The lowest BCUT2D eigenvalue weighted by atomic mass is 10.0. The van der Waals surface area contributed by atoms with Gasteiger partial charge in [0.2, 0.25) is 0 Å². The molecule has 1 aromatic carbocycles. The Labute approximate surface area is 130 Å². The fraction of sp³-hybridized carbons (Fsp3) is 0.667. The average Bonchev–Trinajstić information content (AvgIpc) is 2.54. The van der Waals surface area contributed by atoms with E-state index in [9.17, 15) is 0 Å². The van der Waals surface area contributed by atoms with Gasteiger partial charge in [0.1, 0.15) is 0 Å². The van der Waals surface area contributed by atoms with Gasteiger partial charge in [0, 0.05) is 38.8 Å². The summed E-state index contributed by atoms with van der Waals surface area (Å²) in [5.41, 5.74) is 2.83. The maximum atomic E-state index is 3.48. The molecule has 0 amide bonds. The minimum absolute atomic E-state index is 0.439. The van der Waals surface area contributed by atoms with Crippen LogP contribution in [0, 0.1) is 0 Å². The second-order valence-corrected chi connectivity index (χ2v) is 6.08. The minimum atomic E-state index is 0.439. The Kier molecular flexibility index (Phi) is 6.68. The number of rotatable bonds is 7.